The van der Waals surface area contributed by atoms with E-state index in [1.165, 1.54) is 32.2 Å². The molecule has 1 fully saturated rings. The smallest absolute Gasteiger partial charge is 0.254 e. The van der Waals surface area contributed by atoms with Gasteiger partial charge in [-0.15, -0.1) is 24.8 Å². The minimum Gasteiger partial charge on any atom is -0.480 e. The van der Waals surface area contributed by atoms with Crippen molar-refractivity contribution in [1.29, 1.82) is 0 Å². The van der Waals surface area contributed by atoms with E-state index in [1.807, 2.05) is 0 Å². The number of hydrogen-bond donors (Lipinski definition) is 3. The standard InChI is InChI=1S/C13H18N4O3.2ClH/c1-20-13-10(12(14)19)4-9(6-16-13)17-11(18)7-15-5-8-2-3-8;;/h4,6,8,15H,2-3,5,7H2,1H3,(H2,14,19)(H,17,18);2*1H. The number of aromatic nitrogens is 1. The Morgan fingerprint density at radius 1 is 1.41 bits per heavy atom. The van der Waals surface area contributed by atoms with Crippen molar-refractivity contribution >= 4 is 42.3 Å². The summed E-state index contributed by atoms with van der Waals surface area (Å²) in [5.41, 5.74) is 5.78. The zero-order valence-corrected chi connectivity index (χ0v) is 13.8. The predicted molar refractivity (Wildman–Crippen MR) is 88.0 cm³/mol. The summed E-state index contributed by atoms with van der Waals surface area (Å²) in [6, 6.07) is 1.45. The number of carbonyl (C=O) groups excluding carboxylic acids is 2. The third kappa shape index (κ3) is 6.05. The fourth-order valence-corrected chi connectivity index (χ4v) is 1.78. The second-order valence-electron chi connectivity index (χ2n) is 4.77. The van der Waals surface area contributed by atoms with Gasteiger partial charge in [-0.25, -0.2) is 4.98 Å². The number of hydrogen-bond acceptors (Lipinski definition) is 5. The van der Waals surface area contributed by atoms with Gasteiger partial charge in [0.25, 0.3) is 5.91 Å². The Kier molecular flexibility index (Phi) is 8.77. The van der Waals surface area contributed by atoms with Crippen molar-refractivity contribution in [2.75, 3.05) is 25.5 Å². The Hall–Kier alpha value is -1.57. The average Bonchev–Trinajstić information content (AvgIpc) is 3.22. The molecule has 0 bridgehead atoms. The predicted octanol–water partition coefficient (Wildman–Crippen LogP) is 0.971. The summed E-state index contributed by atoms with van der Waals surface area (Å²) in [5, 5.41) is 5.73. The van der Waals surface area contributed by atoms with Crippen LogP contribution >= 0.6 is 24.8 Å². The summed E-state index contributed by atoms with van der Waals surface area (Å²) in [6.07, 6.45) is 3.89. The molecule has 0 aromatic carbocycles. The molecule has 1 saturated carbocycles. The summed E-state index contributed by atoms with van der Waals surface area (Å²) in [6.45, 7) is 1.09. The monoisotopic (exact) mass is 350 g/mol. The lowest BCUT2D eigenvalue weighted by Crippen LogP contribution is -2.29. The van der Waals surface area contributed by atoms with Gasteiger partial charge in [0.2, 0.25) is 11.8 Å². The van der Waals surface area contributed by atoms with E-state index in [0.717, 1.165) is 6.54 Å². The molecule has 0 aliphatic heterocycles. The molecular formula is C13H20Cl2N4O3. The fraction of sp³-hybridized carbons (Fsp3) is 0.462. The van der Waals surface area contributed by atoms with E-state index in [2.05, 4.69) is 15.6 Å². The van der Waals surface area contributed by atoms with Gasteiger partial charge >= 0.3 is 0 Å². The van der Waals surface area contributed by atoms with E-state index in [0.29, 0.717) is 11.6 Å². The number of pyridine rings is 1. The number of amides is 2. The highest BCUT2D eigenvalue weighted by molar-refractivity contribution is 5.98. The molecule has 1 aromatic rings. The van der Waals surface area contributed by atoms with Crippen molar-refractivity contribution in [3.63, 3.8) is 0 Å². The second kappa shape index (κ2) is 9.45. The van der Waals surface area contributed by atoms with Crippen LogP contribution < -0.4 is 21.1 Å². The minimum absolute atomic E-state index is 0. The molecule has 0 atom stereocenters. The summed E-state index contributed by atoms with van der Waals surface area (Å²) in [7, 11) is 1.40. The van der Waals surface area contributed by atoms with Crippen LogP contribution in [0.4, 0.5) is 5.69 Å². The molecule has 0 saturated heterocycles. The first-order chi connectivity index (χ1) is 9.60. The van der Waals surface area contributed by atoms with Crippen molar-refractivity contribution in [2.24, 2.45) is 11.7 Å². The normalized spacial score (nSPS) is 12.6. The summed E-state index contributed by atoms with van der Waals surface area (Å²) < 4.78 is 4.93. The summed E-state index contributed by atoms with van der Waals surface area (Å²) in [4.78, 5) is 26.9. The van der Waals surface area contributed by atoms with Crippen molar-refractivity contribution in [3.8, 4) is 5.88 Å². The van der Waals surface area contributed by atoms with Gasteiger partial charge in [-0.1, -0.05) is 0 Å². The molecule has 1 heterocycles. The molecule has 2 rings (SSSR count). The molecule has 4 N–H and O–H groups in total. The number of rotatable bonds is 7. The third-order valence-corrected chi connectivity index (χ3v) is 3.01. The lowest BCUT2D eigenvalue weighted by molar-refractivity contribution is -0.115. The fourth-order valence-electron chi connectivity index (χ4n) is 1.78. The average molecular weight is 351 g/mol. The highest BCUT2D eigenvalue weighted by Gasteiger charge is 2.20. The van der Waals surface area contributed by atoms with E-state index >= 15 is 0 Å². The zero-order chi connectivity index (χ0) is 14.5. The zero-order valence-electron chi connectivity index (χ0n) is 12.1. The number of halogens is 2. The van der Waals surface area contributed by atoms with Crippen molar-refractivity contribution in [1.82, 2.24) is 10.3 Å². The number of methoxy groups -OCH3 is 1. The van der Waals surface area contributed by atoms with E-state index in [4.69, 9.17) is 10.5 Å². The Labute approximate surface area is 141 Å². The largest absolute Gasteiger partial charge is 0.480 e. The van der Waals surface area contributed by atoms with Gasteiger partial charge in [-0.2, -0.15) is 0 Å². The maximum atomic E-state index is 11.7. The molecule has 0 spiro atoms. The van der Waals surface area contributed by atoms with Crippen LogP contribution in [-0.2, 0) is 4.79 Å². The minimum atomic E-state index is -0.655. The molecular weight excluding hydrogens is 331 g/mol. The van der Waals surface area contributed by atoms with Crippen LogP contribution in [-0.4, -0.2) is 37.0 Å². The van der Waals surface area contributed by atoms with Crippen LogP contribution in [0.1, 0.15) is 23.2 Å². The van der Waals surface area contributed by atoms with E-state index in [-0.39, 0.29) is 48.7 Å². The van der Waals surface area contributed by atoms with Gasteiger partial charge < -0.3 is 21.1 Å². The highest BCUT2D eigenvalue weighted by Crippen LogP contribution is 2.27. The first-order valence-corrected chi connectivity index (χ1v) is 6.44. The third-order valence-electron chi connectivity index (χ3n) is 3.01. The molecule has 0 radical (unpaired) electrons. The van der Waals surface area contributed by atoms with Crippen LogP contribution in [0.3, 0.4) is 0 Å². The number of nitrogens with one attached hydrogen (secondary N) is 2. The maximum absolute atomic E-state index is 11.7. The Morgan fingerprint density at radius 2 is 2.09 bits per heavy atom. The molecule has 124 valence electrons. The molecule has 9 heteroatoms. The summed E-state index contributed by atoms with van der Waals surface area (Å²) >= 11 is 0. The number of primary amides is 1. The van der Waals surface area contributed by atoms with E-state index in [1.54, 1.807) is 0 Å². The van der Waals surface area contributed by atoms with Crippen LogP contribution in [0.5, 0.6) is 5.88 Å². The highest BCUT2D eigenvalue weighted by atomic mass is 35.5. The van der Waals surface area contributed by atoms with Crippen LogP contribution in [0.25, 0.3) is 0 Å². The Balaban J connectivity index is 0.00000220. The number of nitrogens with zero attached hydrogens (tertiary/aromatic N) is 1. The van der Waals surface area contributed by atoms with Gasteiger partial charge in [-0.05, 0) is 31.4 Å². The van der Waals surface area contributed by atoms with Gasteiger partial charge in [0.15, 0.2) is 0 Å². The van der Waals surface area contributed by atoms with Gasteiger partial charge in [0, 0.05) is 0 Å². The maximum Gasteiger partial charge on any atom is 0.254 e. The van der Waals surface area contributed by atoms with E-state index in [9.17, 15) is 9.59 Å². The number of carbonyl (C=O) groups is 2. The number of ether oxygens (including phenoxy) is 1. The molecule has 1 aromatic heterocycles. The van der Waals surface area contributed by atoms with Crippen LogP contribution in [0.2, 0.25) is 0 Å². The molecule has 0 unspecified atom stereocenters. The first-order valence-electron chi connectivity index (χ1n) is 6.44. The molecule has 22 heavy (non-hydrogen) atoms. The van der Waals surface area contributed by atoms with Crippen molar-refractivity contribution in [3.05, 3.63) is 17.8 Å². The molecule has 1 aliphatic rings. The molecule has 1 aliphatic carbocycles. The van der Waals surface area contributed by atoms with Crippen LogP contribution in [0, 0.1) is 5.92 Å². The quantitative estimate of drug-likeness (QED) is 0.679. The molecule has 2 amide bonds. The SMILES string of the molecule is COc1ncc(NC(=O)CNCC2CC2)cc1C(N)=O.Cl.Cl. The lowest BCUT2D eigenvalue weighted by atomic mass is 10.2. The lowest BCUT2D eigenvalue weighted by Gasteiger charge is -2.09. The Morgan fingerprint density at radius 3 is 2.64 bits per heavy atom. The van der Waals surface area contributed by atoms with Crippen molar-refractivity contribution < 1.29 is 14.3 Å². The number of anilines is 1. The topological polar surface area (TPSA) is 106 Å². The van der Waals surface area contributed by atoms with Crippen LogP contribution in [0.15, 0.2) is 12.3 Å². The van der Waals surface area contributed by atoms with Gasteiger partial charge in [0.1, 0.15) is 5.56 Å². The first kappa shape index (κ1) is 20.4. The van der Waals surface area contributed by atoms with Gasteiger partial charge in [0.05, 0.1) is 25.5 Å². The van der Waals surface area contributed by atoms with E-state index < -0.39 is 5.91 Å². The Bertz CT molecular complexity index is 524. The number of nitrogens with two attached hydrogens (primary N) is 1. The van der Waals surface area contributed by atoms with Gasteiger partial charge in [-0.3, -0.25) is 9.59 Å². The summed E-state index contributed by atoms with van der Waals surface area (Å²) in [5.74, 6) is 0.0135. The second-order valence-corrected chi connectivity index (χ2v) is 4.77. The van der Waals surface area contributed by atoms with Crippen molar-refractivity contribution in [2.45, 2.75) is 12.8 Å². The molecule has 7 nitrogen and oxygen atoms in total.